The first-order valence-electron chi connectivity index (χ1n) is 6.46. The van der Waals surface area contributed by atoms with Crippen LogP contribution in [-0.2, 0) is 0 Å². The number of aromatic nitrogens is 2. The Labute approximate surface area is 121 Å². The van der Waals surface area contributed by atoms with E-state index in [2.05, 4.69) is 15.3 Å². The molecule has 0 fully saturated rings. The maximum Gasteiger partial charge on any atom is 0.354 e. The number of aromatic carboxylic acids is 1. The molecule has 104 valence electrons. The van der Waals surface area contributed by atoms with Gasteiger partial charge in [0, 0.05) is 11.1 Å². The highest BCUT2D eigenvalue weighted by Gasteiger charge is 2.06. The molecule has 0 aliphatic rings. The number of carboxylic acid groups (broad SMARTS) is 1. The van der Waals surface area contributed by atoms with Gasteiger partial charge in [0.15, 0.2) is 0 Å². The number of benzene rings is 1. The molecule has 1 aromatic carbocycles. The Morgan fingerprint density at radius 3 is 2.71 bits per heavy atom. The summed E-state index contributed by atoms with van der Waals surface area (Å²) in [6.45, 7) is 1.94. The van der Waals surface area contributed by atoms with Crippen molar-refractivity contribution in [3.63, 3.8) is 0 Å². The van der Waals surface area contributed by atoms with Crippen LogP contribution in [0.2, 0.25) is 0 Å². The largest absolute Gasteiger partial charge is 0.477 e. The van der Waals surface area contributed by atoms with Crippen LogP contribution in [0, 0.1) is 6.92 Å². The number of nitrogens with one attached hydrogen (secondary N) is 1. The normalized spacial score (nSPS) is 10.5. The number of nitrogens with zero attached hydrogens (tertiary/aromatic N) is 2. The number of anilines is 2. The first-order valence-corrected chi connectivity index (χ1v) is 6.46. The molecule has 0 spiro atoms. The van der Waals surface area contributed by atoms with Gasteiger partial charge in [-0.25, -0.2) is 9.78 Å². The maximum atomic E-state index is 10.8. The number of carbonyl (C=O) groups is 1. The van der Waals surface area contributed by atoms with Crippen LogP contribution in [-0.4, -0.2) is 21.0 Å². The van der Waals surface area contributed by atoms with Crippen molar-refractivity contribution in [3.8, 4) is 0 Å². The minimum absolute atomic E-state index is 0.0208. The standard InChI is InChI=1S/C16H13N3O2/c1-10-5-6-11-3-2-4-13(15(11)18-10)19-12-7-8-14(16(20)21)17-9-12/h2-9,19H,1H3,(H,20,21). The van der Waals surface area contributed by atoms with Crippen molar-refractivity contribution in [2.24, 2.45) is 0 Å². The molecule has 3 rings (SSSR count). The lowest BCUT2D eigenvalue weighted by Crippen LogP contribution is -2.00. The summed E-state index contributed by atoms with van der Waals surface area (Å²) in [7, 11) is 0. The predicted molar refractivity (Wildman–Crippen MR) is 81.0 cm³/mol. The highest BCUT2D eigenvalue weighted by Crippen LogP contribution is 2.24. The molecule has 5 nitrogen and oxygen atoms in total. The van der Waals surface area contributed by atoms with Crippen LogP contribution < -0.4 is 5.32 Å². The van der Waals surface area contributed by atoms with E-state index in [1.165, 1.54) is 12.3 Å². The summed E-state index contributed by atoms with van der Waals surface area (Å²) in [5.74, 6) is -1.04. The number of pyridine rings is 2. The van der Waals surface area contributed by atoms with Crippen LogP contribution in [0.1, 0.15) is 16.2 Å². The van der Waals surface area contributed by atoms with Gasteiger partial charge in [-0.3, -0.25) is 4.98 Å². The molecule has 0 radical (unpaired) electrons. The number of para-hydroxylation sites is 1. The number of carboxylic acids is 1. The van der Waals surface area contributed by atoms with E-state index >= 15 is 0 Å². The summed E-state index contributed by atoms with van der Waals surface area (Å²) in [6, 6.07) is 13.0. The fraction of sp³-hybridized carbons (Fsp3) is 0.0625. The molecule has 2 N–H and O–H groups in total. The minimum Gasteiger partial charge on any atom is -0.477 e. The zero-order chi connectivity index (χ0) is 14.8. The molecule has 21 heavy (non-hydrogen) atoms. The Balaban J connectivity index is 1.97. The molecule has 2 aromatic heterocycles. The molecule has 0 saturated heterocycles. The van der Waals surface area contributed by atoms with Gasteiger partial charge in [0.1, 0.15) is 5.69 Å². The molecule has 2 heterocycles. The number of hydrogen-bond acceptors (Lipinski definition) is 4. The second-order valence-electron chi connectivity index (χ2n) is 4.69. The first-order chi connectivity index (χ1) is 10.1. The number of rotatable bonds is 3. The van der Waals surface area contributed by atoms with Gasteiger partial charge in [-0.15, -0.1) is 0 Å². The fourth-order valence-electron chi connectivity index (χ4n) is 2.10. The van der Waals surface area contributed by atoms with Crippen molar-refractivity contribution < 1.29 is 9.90 Å². The molecule has 0 unspecified atom stereocenters. The molecule has 3 aromatic rings. The monoisotopic (exact) mass is 279 g/mol. The lowest BCUT2D eigenvalue weighted by molar-refractivity contribution is 0.0690. The highest BCUT2D eigenvalue weighted by atomic mass is 16.4. The van der Waals surface area contributed by atoms with Gasteiger partial charge >= 0.3 is 5.97 Å². The van der Waals surface area contributed by atoms with Crippen LogP contribution in [0.25, 0.3) is 10.9 Å². The third-order valence-corrected chi connectivity index (χ3v) is 3.12. The molecular formula is C16H13N3O2. The number of fused-ring (bicyclic) bond motifs is 1. The van der Waals surface area contributed by atoms with Crippen LogP contribution in [0.15, 0.2) is 48.7 Å². The summed E-state index contributed by atoms with van der Waals surface area (Å²) in [5, 5.41) is 13.1. The molecular weight excluding hydrogens is 266 g/mol. The highest BCUT2D eigenvalue weighted by molar-refractivity contribution is 5.92. The van der Waals surface area contributed by atoms with Crippen LogP contribution in [0.5, 0.6) is 0 Å². The average molecular weight is 279 g/mol. The van der Waals surface area contributed by atoms with Gasteiger partial charge in [0.2, 0.25) is 0 Å². The van der Waals surface area contributed by atoms with Gasteiger partial charge in [0.05, 0.1) is 23.1 Å². The molecule has 5 heteroatoms. The molecule has 0 aliphatic heterocycles. The van der Waals surface area contributed by atoms with E-state index in [-0.39, 0.29) is 5.69 Å². The summed E-state index contributed by atoms with van der Waals surface area (Å²) >= 11 is 0. The summed E-state index contributed by atoms with van der Waals surface area (Å²) in [5.41, 5.74) is 3.42. The first kappa shape index (κ1) is 13.1. The number of aryl methyl sites for hydroxylation is 1. The smallest absolute Gasteiger partial charge is 0.354 e. The van der Waals surface area contributed by atoms with E-state index in [1.807, 2.05) is 37.3 Å². The van der Waals surface area contributed by atoms with Crippen LogP contribution in [0.4, 0.5) is 11.4 Å². The second-order valence-corrected chi connectivity index (χ2v) is 4.69. The van der Waals surface area contributed by atoms with Crippen LogP contribution >= 0.6 is 0 Å². The zero-order valence-electron chi connectivity index (χ0n) is 11.4. The fourth-order valence-corrected chi connectivity index (χ4v) is 2.10. The van der Waals surface area contributed by atoms with Gasteiger partial charge in [0.25, 0.3) is 0 Å². The SMILES string of the molecule is Cc1ccc2cccc(Nc3ccc(C(=O)O)nc3)c2n1. The van der Waals surface area contributed by atoms with Crippen molar-refractivity contribution in [2.75, 3.05) is 5.32 Å². The van der Waals surface area contributed by atoms with Gasteiger partial charge in [-0.1, -0.05) is 18.2 Å². The third kappa shape index (κ3) is 2.67. The quantitative estimate of drug-likeness (QED) is 0.768. The minimum atomic E-state index is -1.04. The lowest BCUT2D eigenvalue weighted by Gasteiger charge is -2.09. The van der Waals surface area contributed by atoms with E-state index in [0.29, 0.717) is 0 Å². The Morgan fingerprint density at radius 1 is 1.14 bits per heavy atom. The van der Waals surface area contributed by atoms with Crippen molar-refractivity contribution in [1.29, 1.82) is 0 Å². The lowest BCUT2D eigenvalue weighted by atomic mass is 10.1. The number of hydrogen-bond donors (Lipinski definition) is 2. The van der Waals surface area contributed by atoms with Gasteiger partial charge in [-0.05, 0) is 31.2 Å². The van der Waals surface area contributed by atoms with Crippen molar-refractivity contribution in [2.45, 2.75) is 6.92 Å². The van der Waals surface area contributed by atoms with E-state index in [0.717, 1.165) is 28.0 Å². The molecule has 0 atom stereocenters. The maximum absolute atomic E-state index is 10.8. The Hall–Kier alpha value is -2.95. The molecule has 0 amide bonds. The van der Waals surface area contributed by atoms with Crippen LogP contribution in [0.3, 0.4) is 0 Å². The summed E-state index contributed by atoms with van der Waals surface area (Å²) in [4.78, 5) is 19.2. The Morgan fingerprint density at radius 2 is 2.00 bits per heavy atom. The van der Waals surface area contributed by atoms with Crippen molar-refractivity contribution in [1.82, 2.24) is 9.97 Å². The predicted octanol–water partition coefficient (Wildman–Crippen LogP) is 3.38. The summed E-state index contributed by atoms with van der Waals surface area (Å²) in [6.07, 6.45) is 1.50. The van der Waals surface area contributed by atoms with E-state index in [4.69, 9.17) is 5.11 Å². The van der Waals surface area contributed by atoms with Gasteiger partial charge < -0.3 is 10.4 Å². The van der Waals surface area contributed by atoms with E-state index < -0.39 is 5.97 Å². The molecule has 0 bridgehead atoms. The van der Waals surface area contributed by atoms with Gasteiger partial charge in [-0.2, -0.15) is 0 Å². The average Bonchev–Trinajstić information content (AvgIpc) is 2.48. The third-order valence-electron chi connectivity index (χ3n) is 3.12. The second kappa shape index (κ2) is 5.20. The Kier molecular flexibility index (Phi) is 3.23. The van der Waals surface area contributed by atoms with E-state index in [9.17, 15) is 4.79 Å². The zero-order valence-corrected chi connectivity index (χ0v) is 11.4. The molecule has 0 saturated carbocycles. The molecule has 0 aliphatic carbocycles. The topological polar surface area (TPSA) is 75.1 Å². The van der Waals surface area contributed by atoms with Crippen molar-refractivity contribution >= 4 is 28.2 Å². The Bertz CT molecular complexity index is 813. The van der Waals surface area contributed by atoms with Crippen molar-refractivity contribution in [3.05, 3.63) is 60.0 Å². The summed E-state index contributed by atoms with van der Waals surface area (Å²) < 4.78 is 0. The van der Waals surface area contributed by atoms with E-state index in [1.54, 1.807) is 6.07 Å².